The third kappa shape index (κ3) is 2.53. The number of fused-ring (bicyclic) bond motifs is 2. The minimum absolute atomic E-state index is 0.320. The number of anilines is 1. The van der Waals surface area contributed by atoms with E-state index in [0.29, 0.717) is 5.41 Å². The molecule has 4 rings (SSSR count). The summed E-state index contributed by atoms with van der Waals surface area (Å²) in [4.78, 5) is 2.47. The summed E-state index contributed by atoms with van der Waals surface area (Å²) < 4.78 is 0. The van der Waals surface area contributed by atoms with Gasteiger partial charge in [-0.05, 0) is 56.9 Å². The average Bonchev–Trinajstić information content (AvgIpc) is 2.90. The molecule has 4 nitrogen and oxygen atoms in total. The lowest BCUT2D eigenvalue weighted by atomic mass is 9.74. The number of benzene rings is 1. The summed E-state index contributed by atoms with van der Waals surface area (Å²) in [5.74, 6) is 0. The van der Waals surface area contributed by atoms with Crippen molar-refractivity contribution >= 4 is 5.69 Å². The number of nitrogens with zero attached hydrogens (tertiary/aromatic N) is 1. The van der Waals surface area contributed by atoms with E-state index in [-0.39, 0.29) is 0 Å². The summed E-state index contributed by atoms with van der Waals surface area (Å²) >= 11 is 0. The third-order valence-corrected chi connectivity index (χ3v) is 5.90. The van der Waals surface area contributed by atoms with Gasteiger partial charge in [0.1, 0.15) is 0 Å². The minimum atomic E-state index is -0.519. The van der Waals surface area contributed by atoms with E-state index in [1.807, 2.05) is 0 Å². The van der Waals surface area contributed by atoms with Crippen molar-refractivity contribution in [1.82, 2.24) is 10.2 Å². The summed E-state index contributed by atoms with van der Waals surface area (Å²) in [5.41, 5.74) is 2.63. The molecule has 2 fully saturated rings. The van der Waals surface area contributed by atoms with Crippen LogP contribution in [0.3, 0.4) is 0 Å². The maximum absolute atomic E-state index is 10.7. The van der Waals surface area contributed by atoms with Gasteiger partial charge in [-0.25, -0.2) is 0 Å². The number of aliphatic hydroxyl groups is 1. The second kappa shape index (κ2) is 5.52. The van der Waals surface area contributed by atoms with Crippen molar-refractivity contribution in [3.63, 3.8) is 0 Å². The first kappa shape index (κ1) is 14.5. The van der Waals surface area contributed by atoms with Crippen LogP contribution in [0.2, 0.25) is 0 Å². The topological polar surface area (TPSA) is 47.5 Å². The van der Waals surface area contributed by atoms with Crippen molar-refractivity contribution in [2.45, 2.75) is 36.7 Å². The Morgan fingerprint density at radius 1 is 1.09 bits per heavy atom. The summed E-state index contributed by atoms with van der Waals surface area (Å²) in [6.45, 7) is 5.89. The summed E-state index contributed by atoms with van der Waals surface area (Å²) in [6.07, 6.45) is 4.42. The van der Waals surface area contributed by atoms with Crippen LogP contribution in [0.1, 0.15) is 31.2 Å². The Balaban J connectivity index is 1.41. The van der Waals surface area contributed by atoms with Crippen molar-refractivity contribution in [2.24, 2.45) is 0 Å². The molecule has 22 heavy (non-hydrogen) atoms. The zero-order valence-electron chi connectivity index (χ0n) is 13.3. The molecule has 1 atom stereocenters. The molecule has 0 aliphatic carbocycles. The fraction of sp³-hybridized carbons (Fsp3) is 0.667. The summed E-state index contributed by atoms with van der Waals surface area (Å²) in [6, 6.07) is 8.78. The molecule has 2 saturated heterocycles. The molecule has 4 heteroatoms. The van der Waals surface area contributed by atoms with Crippen LogP contribution in [0.5, 0.6) is 0 Å². The van der Waals surface area contributed by atoms with E-state index in [2.05, 4.69) is 39.8 Å². The molecule has 0 amide bonds. The number of likely N-dealkylation sites (tertiary alicyclic amines) is 1. The number of hydrogen-bond donors (Lipinski definition) is 3. The molecule has 0 radical (unpaired) electrons. The molecule has 1 aromatic rings. The molecule has 3 heterocycles. The van der Waals surface area contributed by atoms with Crippen molar-refractivity contribution in [2.75, 3.05) is 44.6 Å². The first-order chi connectivity index (χ1) is 10.7. The van der Waals surface area contributed by atoms with Gasteiger partial charge in [-0.1, -0.05) is 18.2 Å². The monoisotopic (exact) mass is 301 g/mol. The number of hydrogen-bond acceptors (Lipinski definition) is 4. The standard InChI is InChI=1S/C18H27N3O/c22-18(6-3-9-19-13-18)14-21-10-7-17(8-11-21)12-20-16-5-2-1-4-15(16)17/h1-2,4-5,19-20,22H,3,6-14H2/t18-/m0/s1. The van der Waals surface area contributed by atoms with Crippen LogP contribution in [0.25, 0.3) is 0 Å². The van der Waals surface area contributed by atoms with Crippen molar-refractivity contribution < 1.29 is 5.11 Å². The SMILES string of the molecule is O[C@@]1(CN2CCC3(CC2)CNc2ccccc23)CCCNC1. The smallest absolute Gasteiger partial charge is 0.0898 e. The molecule has 0 unspecified atom stereocenters. The second-order valence-corrected chi connectivity index (χ2v) is 7.46. The van der Waals surface area contributed by atoms with E-state index in [4.69, 9.17) is 0 Å². The van der Waals surface area contributed by atoms with E-state index in [9.17, 15) is 5.11 Å². The van der Waals surface area contributed by atoms with Gasteiger partial charge >= 0.3 is 0 Å². The Bertz CT molecular complexity index is 531. The van der Waals surface area contributed by atoms with Gasteiger partial charge in [0.15, 0.2) is 0 Å². The summed E-state index contributed by atoms with van der Waals surface area (Å²) in [7, 11) is 0. The van der Waals surface area contributed by atoms with Gasteiger partial charge in [-0.2, -0.15) is 0 Å². The van der Waals surface area contributed by atoms with Gasteiger partial charge in [0.05, 0.1) is 5.60 Å². The lowest BCUT2D eigenvalue weighted by Crippen LogP contribution is -2.55. The van der Waals surface area contributed by atoms with Crippen LogP contribution < -0.4 is 10.6 Å². The number of β-amino-alcohol motifs (C(OH)–C–C–N with tert-alkyl or cyclic N) is 1. The third-order valence-electron chi connectivity index (χ3n) is 5.90. The van der Waals surface area contributed by atoms with E-state index < -0.39 is 5.60 Å². The molecule has 3 aliphatic heterocycles. The fourth-order valence-electron chi connectivity index (χ4n) is 4.55. The van der Waals surface area contributed by atoms with Crippen LogP contribution in [0.4, 0.5) is 5.69 Å². The van der Waals surface area contributed by atoms with E-state index in [1.54, 1.807) is 0 Å². The fourth-order valence-corrected chi connectivity index (χ4v) is 4.55. The molecule has 3 N–H and O–H groups in total. The molecular weight excluding hydrogens is 274 g/mol. The molecule has 1 aromatic carbocycles. The van der Waals surface area contributed by atoms with Crippen molar-refractivity contribution in [3.05, 3.63) is 29.8 Å². The molecule has 3 aliphatic rings. The number of nitrogens with one attached hydrogen (secondary N) is 2. The number of rotatable bonds is 2. The lowest BCUT2D eigenvalue weighted by molar-refractivity contribution is -0.0236. The van der Waals surface area contributed by atoms with Gasteiger partial charge in [0, 0.05) is 30.7 Å². The summed E-state index contributed by atoms with van der Waals surface area (Å²) in [5, 5.41) is 17.6. The number of para-hydroxylation sites is 1. The van der Waals surface area contributed by atoms with Gasteiger partial charge in [-0.3, -0.25) is 0 Å². The zero-order valence-corrected chi connectivity index (χ0v) is 13.3. The Morgan fingerprint density at radius 2 is 1.91 bits per heavy atom. The molecule has 120 valence electrons. The Kier molecular flexibility index (Phi) is 3.63. The predicted octanol–water partition coefficient (Wildman–Crippen LogP) is 1.56. The van der Waals surface area contributed by atoms with Crippen molar-refractivity contribution in [3.8, 4) is 0 Å². The van der Waals surface area contributed by atoms with Gasteiger partial charge < -0.3 is 20.6 Å². The maximum atomic E-state index is 10.7. The molecule has 1 spiro atoms. The Hall–Kier alpha value is -1.10. The highest BCUT2D eigenvalue weighted by Crippen LogP contribution is 2.43. The van der Waals surface area contributed by atoms with Gasteiger partial charge in [-0.15, -0.1) is 0 Å². The minimum Gasteiger partial charge on any atom is -0.387 e. The zero-order chi connectivity index (χ0) is 15.0. The van der Waals surface area contributed by atoms with Crippen LogP contribution in [0, 0.1) is 0 Å². The molecular formula is C18H27N3O. The van der Waals surface area contributed by atoms with Crippen LogP contribution in [-0.2, 0) is 5.41 Å². The first-order valence-corrected chi connectivity index (χ1v) is 8.68. The normalized spacial score (nSPS) is 31.0. The Morgan fingerprint density at radius 3 is 2.68 bits per heavy atom. The van der Waals surface area contributed by atoms with Crippen LogP contribution >= 0.6 is 0 Å². The van der Waals surface area contributed by atoms with E-state index >= 15 is 0 Å². The lowest BCUT2D eigenvalue weighted by Gasteiger charge is -2.43. The Labute approximate surface area is 132 Å². The quantitative estimate of drug-likeness (QED) is 0.776. The first-order valence-electron chi connectivity index (χ1n) is 8.68. The van der Waals surface area contributed by atoms with Crippen LogP contribution in [-0.4, -0.2) is 54.9 Å². The predicted molar refractivity (Wildman–Crippen MR) is 89.3 cm³/mol. The van der Waals surface area contributed by atoms with Crippen LogP contribution in [0.15, 0.2) is 24.3 Å². The van der Waals surface area contributed by atoms with Gasteiger partial charge in [0.2, 0.25) is 0 Å². The molecule has 0 aromatic heterocycles. The van der Waals surface area contributed by atoms with Crippen molar-refractivity contribution in [1.29, 1.82) is 0 Å². The largest absolute Gasteiger partial charge is 0.387 e. The van der Waals surface area contributed by atoms with Gasteiger partial charge in [0.25, 0.3) is 0 Å². The van der Waals surface area contributed by atoms with E-state index in [1.165, 1.54) is 24.1 Å². The molecule has 0 bridgehead atoms. The number of piperidine rings is 2. The average molecular weight is 301 g/mol. The maximum Gasteiger partial charge on any atom is 0.0898 e. The highest BCUT2D eigenvalue weighted by molar-refractivity contribution is 5.60. The highest BCUT2D eigenvalue weighted by atomic mass is 16.3. The second-order valence-electron chi connectivity index (χ2n) is 7.46. The molecule has 0 saturated carbocycles. The van der Waals surface area contributed by atoms with E-state index in [0.717, 1.165) is 52.1 Å². The highest BCUT2D eigenvalue weighted by Gasteiger charge is 2.42.